The summed E-state index contributed by atoms with van der Waals surface area (Å²) in [6.45, 7) is 8.55. The van der Waals surface area contributed by atoms with Crippen molar-refractivity contribution >= 4 is 23.9 Å². The summed E-state index contributed by atoms with van der Waals surface area (Å²) in [6.07, 6.45) is -7.81. The molecule has 0 aliphatic heterocycles. The Kier molecular flexibility index (Phi) is 9.44. The van der Waals surface area contributed by atoms with Crippen LogP contribution in [-0.4, -0.2) is 70.7 Å². The number of carbonyl (C=O) groups excluding carboxylic acids is 4. The molecule has 1 fully saturated rings. The van der Waals surface area contributed by atoms with Crippen molar-refractivity contribution in [2.24, 2.45) is 5.92 Å². The van der Waals surface area contributed by atoms with E-state index in [9.17, 15) is 29.4 Å². The molecular formula is C20H30O10. The number of carbonyl (C=O) groups is 4. The second kappa shape index (κ2) is 11.1. The highest BCUT2D eigenvalue weighted by Gasteiger charge is 2.57. The maximum atomic E-state index is 12.4. The van der Waals surface area contributed by atoms with Gasteiger partial charge in [0, 0.05) is 19.4 Å². The largest absolute Gasteiger partial charge is 0.456 e. The number of allylic oxidation sites excluding steroid dienone is 1. The van der Waals surface area contributed by atoms with Gasteiger partial charge in [-0.25, -0.2) is 4.79 Å². The zero-order valence-electron chi connectivity index (χ0n) is 18.0. The molecule has 0 aromatic carbocycles. The van der Waals surface area contributed by atoms with Gasteiger partial charge in [-0.1, -0.05) is 19.9 Å². The molecule has 0 heterocycles. The van der Waals surface area contributed by atoms with Gasteiger partial charge in [-0.15, -0.1) is 0 Å². The first kappa shape index (κ1) is 25.6. The summed E-state index contributed by atoms with van der Waals surface area (Å²) in [4.78, 5) is 47.9. The molecule has 0 bridgehead atoms. The van der Waals surface area contributed by atoms with Crippen LogP contribution in [-0.2, 0) is 38.1 Å². The molecule has 10 nitrogen and oxygen atoms in total. The molecule has 1 saturated carbocycles. The Bertz CT molecular complexity index is 685. The second-order valence-corrected chi connectivity index (χ2v) is 7.18. The van der Waals surface area contributed by atoms with Crippen LogP contribution >= 0.6 is 0 Å². The molecule has 7 atom stereocenters. The van der Waals surface area contributed by atoms with Crippen LogP contribution in [0.25, 0.3) is 0 Å². The van der Waals surface area contributed by atoms with E-state index in [2.05, 4.69) is 0 Å². The van der Waals surface area contributed by atoms with Crippen molar-refractivity contribution in [3.8, 4) is 0 Å². The van der Waals surface area contributed by atoms with Crippen molar-refractivity contribution < 1.29 is 48.3 Å². The lowest BCUT2D eigenvalue weighted by molar-refractivity contribution is -0.252. The van der Waals surface area contributed by atoms with E-state index in [1.165, 1.54) is 13.0 Å². The number of ether oxygens (including phenoxy) is 4. The third kappa shape index (κ3) is 6.27. The summed E-state index contributed by atoms with van der Waals surface area (Å²) in [5, 5.41) is 21.1. The predicted octanol–water partition coefficient (Wildman–Crippen LogP) is 0.421. The van der Waals surface area contributed by atoms with Crippen LogP contribution in [0, 0.1) is 5.92 Å². The van der Waals surface area contributed by atoms with Gasteiger partial charge in [0.15, 0.2) is 24.4 Å². The van der Waals surface area contributed by atoms with Gasteiger partial charge in [-0.3, -0.25) is 14.4 Å². The van der Waals surface area contributed by atoms with Gasteiger partial charge in [-0.2, -0.15) is 0 Å². The summed E-state index contributed by atoms with van der Waals surface area (Å²) in [5.41, 5.74) is 0.202. The number of hydrogen-bond acceptors (Lipinski definition) is 10. The minimum Gasteiger partial charge on any atom is -0.456 e. The van der Waals surface area contributed by atoms with Crippen LogP contribution in [0.1, 0.15) is 48.0 Å². The Labute approximate surface area is 175 Å². The van der Waals surface area contributed by atoms with Gasteiger partial charge in [0.1, 0.15) is 12.2 Å². The Morgan fingerprint density at radius 2 is 1.27 bits per heavy atom. The molecule has 170 valence electrons. The van der Waals surface area contributed by atoms with E-state index < -0.39 is 66.4 Å². The fourth-order valence-corrected chi connectivity index (χ4v) is 2.83. The first-order valence-electron chi connectivity index (χ1n) is 9.69. The molecule has 10 heteroatoms. The summed E-state index contributed by atoms with van der Waals surface area (Å²) >= 11 is 0. The average molecular weight is 430 g/mol. The number of aliphatic hydroxyl groups excluding tert-OH is 2. The summed E-state index contributed by atoms with van der Waals surface area (Å²) < 4.78 is 20.9. The lowest BCUT2D eigenvalue weighted by atomic mass is 9.84. The van der Waals surface area contributed by atoms with Crippen molar-refractivity contribution in [2.45, 2.75) is 84.6 Å². The number of esters is 4. The van der Waals surface area contributed by atoms with Crippen LogP contribution in [0.15, 0.2) is 11.6 Å². The van der Waals surface area contributed by atoms with E-state index in [0.29, 0.717) is 6.42 Å². The van der Waals surface area contributed by atoms with Crippen molar-refractivity contribution in [1.29, 1.82) is 0 Å². The quantitative estimate of drug-likeness (QED) is 0.331. The molecule has 1 rings (SSSR count). The van der Waals surface area contributed by atoms with Crippen molar-refractivity contribution in [2.75, 3.05) is 0 Å². The van der Waals surface area contributed by atoms with Crippen molar-refractivity contribution in [1.82, 2.24) is 0 Å². The predicted molar refractivity (Wildman–Crippen MR) is 102 cm³/mol. The van der Waals surface area contributed by atoms with E-state index in [1.807, 2.05) is 0 Å². The van der Waals surface area contributed by atoms with E-state index in [1.54, 1.807) is 20.8 Å². The van der Waals surface area contributed by atoms with E-state index in [4.69, 9.17) is 18.9 Å². The Morgan fingerprint density at radius 1 is 0.833 bits per heavy atom. The van der Waals surface area contributed by atoms with Crippen LogP contribution in [0.4, 0.5) is 0 Å². The Hall–Kier alpha value is -2.46. The fraction of sp³-hybridized carbons (Fsp3) is 0.700. The van der Waals surface area contributed by atoms with Gasteiger partial charge in [0.2, 0.25) is 0 Å². The first-order valence-corrected chi connectivity index (χ1v) is 9.69. The van der Waals surface area contributed by atoms with Gasteiger partial charge in [-0.05, 0) is 20.3 Å². The van der Waals surface area contributed by atoms with Crippen LogP contribution in [0.2, 0.25) is 0 Å². The highest BCUT2D eigenvalue weighted by molar-refractivity contribution is 5.87. The molecule has 0 aromatic rings. The lowest BCUT2D eigenvalue weighted by Gasteiger charge is -2.45. The van der Waals surface area contributed by atoms with E-state index in [0.717, 1.165) is 13.8 Å². The molecule has 1 unspecified atom stereocenters. The smallest absolute Gasteiger partial charge is 0.333 e. The fourth-order valence-electron chi connectivity index (χ4n) is 2.83. The molecule has 1 aliphatic rings. The third-order valence-electron chi connectivity index (χ3n) is 4.86. The van der Waals surface area contributed by atoms with Crippen LogP contribution < -0.4 is 0 Å². The Morgan fingerprint density at radius 3 is 1.70 bits per heavy atom. The zero-order chi connectivity index (χ0) is 23.2. The van der Waals surface area contributed by atoms with E-state index in [-0.39, 0.29) is 5.57 Å². The zero-order valence-corrected chi connectivity index (χ0v) is 18.0. The number of rotatable bonds is 7. The highest BCUT2D eigenvalue weighted by atomic mass is 16.6. The van der Waals surface area contributed by atoms with Crippen molar-refractivity contribution in [3.63, 3.8) is 0 Å². The third-order valence-corrected chi connectivity index (χ3v) is 4.86. The average Bonchev–Trinajstić information content (AvgIpc) is 2.68. The molecule has 0 saturated heterocycles. The maximum absolute atomic E-state index is 12.4. The second-order valence-electron chi connectivity index (χ2n) is 7.18. The summed E-state index contributed by atoms with van der Waals surface area (Å²) in [6, 6.07) is 0. The topological polar surface area (TPSA) is 146 Å². The SMILES string of the molecule is C/C=C(/C)C(=O)O[C@@H]1[C@H](OC(C)=O)[C@H](OC(C)=O)[C@@H](O)[C@H](O)[C@H]1OC(=O)C(C)CC. The standard InChI is InChI=1S/C20H30O10/c1-7-9(3)19(25)29-16-14(24)13(23)15(27-11(5)21)17(28-12(6)22)18(16)30-20(26)10(4)8-2/h8-9,13-18,23-24H,7H2,1-6H3/b10-8-/t9?,13-,14-,15+,16+,17+,18-/m0/s1. The van der Waals surface area contributed by atoms with Crippen LogP contribution in [0.5, 0.6) is 0 Å². The minimum absolute atomic E-state index is 0.202. The highest BCUT2D eigenvalue weighted by Crippen LogP contribution is 2.31. The van der Waals surface area contributed by atoms with Crippen LogP contribution in [0.3, 0.4) is 0 Å². The molecule has 0 amide bonds. The molecule has 0 spiro atoms. The summed E-state index contributed by atoms with van der Waals surface area (Å²) in [5.74, 6) is -3.72. The molecule has 30 heavy (non-hydrogen) atoms. The monoisotopic (exact) mass is 430 g/mol. The number of hydrogen-bond donors (Lipinski definition) is 2. The summed E-state index contributed by atoms with van der Waals surface area (Å²) in [7, 11) is 0. The molecular weight excluding hydrogens is 400 g/mol. The van der Waals surface area contributed by atoms with Gasteiger partial charge in [0.05, 0.1) is 5.92 Å². The normalized spacial score (nSPS) is 30.1. The Balaban J connectivity index is 3.42. The first-order chi connectivity index (χ1) is 13.9. The maximum Gasteiger partial charge on any atom is 0.333 e. The molecule has 0 radical (unpaired) electrons. The molecule has 1 aliphatic carbocycles. The van der Waals surface area contributed by atoms with E-state index >= 15 is 0 Å². The van der Waals surface area contributed by atoms with Crippen molar-refractivity contribution in [3.05, 3.63) is 11.6 Å². The minimum atomic E-state index is -1.78. The molecule has 0 aromatic heterocycles. The lowest BCUT2D eigenvalue weighted by Crippen LogP contribution is -2.67. The van der Waals surface area contributed by atoms with Gasteiger partial charge >= 0.3 is 23.9 Å². The van der Waals surface area contributed by atoms with Gasteiger partial charge < -0.3 is 29.2 Å². The molecule has 2 N–H and O–H groups in total. The number of aliphatic hydroxyl groups is 2. The van der Waals surface area contributed by atoms with Gasteiger partial charge in [0.25, 0.3) is 0 Å².